The van der Waals surface area contributed by atoms with Crippen LogP contribution in [0.5, 0.6) is 23.0 Å². The lowest BCUT2D eigenvalue weighted by Crippen LogP contribution is -2.26. The summed E-state index contributed by atoms with van der Waals surface area (Å²) in [4.78, 5) is 18.7. The first-order valence-electron chi connectivity index (χ1n) is 9.03. The van der Waals surface area contributed by atoms with Gasteiger partial charge in [-0.2, -0.15) is 4.98 Å². The second-order valence-electron chi connectivity index (χ2n) is 6.32. The van der Waals surface area contributed by atoms with E-state index >= 15 is 0 Å². The third kappa shape index (κ3) is 4.29. The molecule has 0 fully saturated rings. The smallest absolute Gasteiger partial charge is 0.254 e. The van der Waals surface area contributed by atoms with E-state index < -0.39 is 0 Å². The number of benzene rings is 2. The molecule has 0 unspecified atom stereocenters. The first-order valence-corrected chi connectivity index (χ1v) is 9.03. The second kappa shape index (κ2) is 9.17. The van der Waals surface area contributed by atoms with Crippen LogP contribution >= 0.6 is 0 Å². The summed E-state index contributed by atoms with van der Waals surface area (Å²) in [7, 11) is 7.72. The number of carbonyl (C=O) groups excluding carboxylic acids is 1. The fraction of sp³-hybridized carbons (Fsp3) is 0.286. The highest BCUT2D eigenvalue weighted by Gasteiger charge is 2.21. The quantitative estimate of drug-likeness (QED) is 0.556. The average Bonchev–Trinajstić information content (AvgIpc) is 3.25. The molecule has 0 radical (unpaired) electrons. The van der Waals surface area contributed by atoms with Gasteiger partial charge in [0.2, 0.25) is 17.5 Å². The van der Waals surface area contributed by atoms with Crippen molar-refractivity contribution in [2.24, 2.45) is 0 Å². The summed E-state index contributed by atoms with van der Waals surface area (Å²) in [6.07, 6.45) is 0. The van der Waals surface area contributed by atoms with E-state index in [9.17, 15) is 4.79 Å². The van der Waals surface area contributed by atoms with Gasteiger partial charge in [-0.1, -0.05) is 17.3 Å². The van der Waals surface area contributed by atoms with Gasteiger partial charge in [-0.25, -0.2) is 0 Å². The van der Waals surface area contributed by atoms with Gasteiger partial charge >= 0.3 is 0 Å². The Labute approximate surface area is 174 Å². The number of amides is 1. The van der Waals surface area contributed by atoms with Crippen LogP contribution in [0.2, 0.25) is 0 Å². The zero-order valence-corrected chi connectivity index (χ0v) is 17.5. The maximum absolute atomic E-state index is 12.9. The van der Waals surface area contributed by atoms with Crippen molar-refractivity contribution in [3.8, 4) is 34.4 Å². The van der Waals surface area contributed by atoms with Crippen LogP contribution in [0.1, 0.15) is 16.2 Å². The summed E-state index contributed by atoms with van der Waals surface area (Å²) in [5, 5.41) is 3.99. The van der Waals surface area contributed by atoms with E-state index in [1.165, 1.54) is 26.2 Å². The van der Waals surface area contributed by atoms with Crippen LogP contribution in [0.15, 0.2) is 40.9 Å². The number of rotatable bonds is 8. The first-order chi connectivity index (χ1) is 14.5. The van der Waals surface area contributed by atoms with Crippen LogP contribution in [0.3, 0.4) is 0 Å². The Bertz CT molecular complexity index is 1010. The molecule has 9 nitrogen and oxygen atoms in total. The Kier molecular flexibility index (Phi) is 6.41. The van der Waals surface area contributed by atoms with Crippen molar-refractivity contribution in [2.75, 3.05) is 35.5 Å². The summed E-state index contributed by atoms with van der Waals surface area (Å²) in [5.74, 6) is 2.34. The molecule has 0 aliphatic rings. The van der Waals surface area contributed by atoms with Crippen molar-refractivity contribution in [3.63, 3.8) is 0 Å². The molecule has 0 bridgehead atoms. The van der Waals surface area contributed by atoms with Gasteiger partial charge < -0.3 is 28.4 Å². The lowest BCUT2D eigenvalue weighted by atomic mass is 10.1. The number of aromatic nitrogens is 2. The average molecular weight is 413 g/mol. The number of hydrogen-bond donors (Lipinski definition) is 0. The van der Waals surface area contributed by atoms with Gasteiger partial charge in [0.15, 0.2) is 11.5 Å². The zero-order chi connectivity index (χ0) is 21.7. The maximum atomic E-state index is 12.9. The summed E-state index contributed by atoms with van der Waals surface area (Å²) in [6, 6.07) is 10.5. The third-order valence-corrected chi connectivity index (χ3v) is 4.43. The molecule has 158 valence electrons. The van der Waals surface area contributed by atoms with Crippen LogP contribution in [-0.2, 0) is 6.54 Å². The Balaban J connectivity index is 1.79. The Morgan fingerprint density at radius 2 is 1.70 bits per heavy atom. The van der Waals surface area contributed by atoms with Crippen molar-refractivity contribution >= 4 is 5.91 Å². The molecule has 9 heteroatoms. The van der Waals surface area contributed by atoms with E-state index in [2.05, 4.69) is 10.1 Å². The van der Waals surface area contributed by atoms with E-state index in [1.807, 2.05) is 18.2 Å². The fourth-order valence-corrected chi connectivity index (χ4v) is 2.90. The number of ether oxygens (including phenoxy) is 4. The Morgan fingerprint density at radius 3 is 2.30 bits per heavy atom. The van der Waals surface area contributed by atoms with Crippen LogP contribution in [-0.4, -0.2) is 56.4 Å². The molecular formula is C21H23N3O6. The van der Waals surface area contributed by atoms with E-state index in [1.54, 1.807) is 32.4 Å². The van der Waals surface area contributed by atoms with Gasteiger partial charge in [-0.15, -0.1) is 0 Å². The monoisotopic (exact) mass is 413 g/mol. The highest BCUT2D eigenvalue weighted by atomic mass is 16.5. The standard InChI is InChI=1S/C21H23N3O6/c1-24(21(25)14-10-16(27-3)19(29-5)17(11-14)28-4)12-18-22-20(23-30-18)13-7-6-8-15(9-13)26-2/h6-11H,12H2,1-5H3. The highest BCUT2D eigenvalue weighted by molar-refractivity contribution is 5.95. The molecule has 0 saturated carbocycles. The summed E-state index contributed by atoms with van der Waals surface area (Å²) in [6.45, 7) is 0.131. The second-order valence-corrected chi connectivity index (χ2v) is 6.32. The Hall–Kier alpha value is -3.75. The van der Waals surface area contributed by atoms with Crippen molar-refractivity contribution in [1.82, 2.24) is 15.0 Å². The summed E-state index contributed by atoms with van der Waals surface area (Å²) < 4.78 is 26.4. The van der Waals surface area contributed by atoms with Crippen LogP contribution in [0.25, 0.3) is 11.4 Å². The SMILES string of the molecule is COc1cccc(-c2noc(CN(C)C(=O)c3cc(OC)c(OC)c(OC)c3)n2)c1. The predicted molar refractivity (Wildman–Crippen MR) is 108 cm³/mol. The molecule has 0 aliphatic heterocycles. The zero-order valence-electron chi connectivity index (χ0n) is 17.5. The number of carbonyl (C=O) groups is 1. The first kappa shape index (κ1) is 21.0. The predicted octanol–water partition coefficient (Wildman–Crippen LogP) is 3.04. The van der Waals surface area contributed by atoms with E-state index in [-0.39, 0.29) is 12.5 Å². The Morgan fingerprint density at radius 1 is 1.00 bits per heavy atom. The largest absolute Gasteiger partial charge is 0.497 e. The topological polar surface area (TPSA) is 96.2 Å². The van der Waals surface area contributed by atoms with Gasteiger partial charge in [-0.05, 0) is 24.3 Å². The third-order valence-electron chi connectivity index (χ3n) is 4.43. The molecule has 0 spiro atoms. The normalized spacial score (nSPS) is 10.4. The van der Waals surface area contributed by atoms with Gasteiger partial charge in [0.1, 0.15) is 5.75 Å². The van der Waals surface area contributed by atoms with Crippen LogP contribution in [0, 0.1) is 0 Å². The van der Waals surface area contributed by atoms with Crippen molar-refractivity contribution < 1.29 is 28.3 Å². The molecule has 0 atom stereocenters. The van der Waals surface area contributed by atoms with Crippen LogP contribution in [0.4, 0.5) is 0 Å². The minimum Gasteiger partial charge on any atom is -0.497 e. The minimum absolute atomic E-state index is 0.131. The van der Waals surface area contributed by atoms with Gasteiger partial charge in [-0.3, -0.25) is 4.79 Å². The van der Waals surface area contributed by atoms with E-state index in [0.29, 0.717) is 40.3 Å². The molecule has 30 heavy (non-hydrogen) atoms. The molecule has 3 aromatic rings. The van der Waals surface area contributed by atoms with Crippen molar-refractivity contribution in [3.05, 3.63) is 47.9 Å². The molecule has 0 saturated heterocycles. The molecule has 3 rings (SSSR count). The molecule has 0 aliphatic carbocycles. The van der Waals surface area contributed by atoms with Crippen molar-refractivity contribution in [2.45, 2.75) is 6.54 Å². The number of hydrogen-bond acceptors (Lipinski definition) is 8. The maximum Gasteiger partial charge on any atom is 0.254 e. The lowest BCUT2D eigenvalue weighted by molar-refractivity contribution is 0.0768. The van der Waals surface area contributed by atoms with E-state index in [4.69, 9.17) is 23.5 Å². The molecular weight excluding hydrogens is 390 g/mol. The molecule has 1 aromatic heterocycles. The van der Waals surface area contributed by atoms with E-state index in [0.717, 1.165) is 5.56 Å². The van der Waals surface area contributed by atoms with Crippen molar-refractivity contribution in [1.29, 1.82) is 0 Å². The lowest BCUT2D eigenvalue weighted by Gasteiger charge is -2.18. The fourth-order valence-electron chi connectivity index (χ4n) is 2.90. The summed E-state index contributed by atoms with van der Waals surface area (Å²) in [5.41, 5.74) is 1.13. The molecule has 1 amide bonds. The number of nitrogens with zero attached hydrogens (tertiary/aromatic N) is 3. The summed E-state index contributed by atoms with van der Waals surface area (Å²) >= 11 is 0. The number of methoxy groups -OCH3 is 4. The van der Waals surface area contributed by atoms with Gasteiger partial charge in [0.05, 0.1) is 35.0 Å². The minimum atomic E-state index is -0.268. The highest BCUT2D eigenvalue weighted by Crippen LogP contribution is 2.38. The van der Waals surface area contributed by atoms with Crippen LogP contribution < -0.4 is 18.9 Å². The molecule has 2 aromatic carbocycles. The van der Waals surface area contributed by atoms with Gasteiger partial charge in [0, 0.05) is 18.2 Å². The molecule has 1 heterocycles. The molecule has 0 N–H and O–H groups in total. The van der Waals surface area contributed by atoms with Gasteiger partial charge in [0.25, 0.3) is 5.91 Å².